The molecule has 2 N–H and O–H groups in total. The van der Waals surface area contributed by atoms with Gasteiger partial charge in [0.1, 0.15) is 0 Å². The summed E-state index contributed by atoms with van der Waals surface area (Å²) in [5.74, 6) is 0.825. The summed E-state index contributed by atoms with van der Waals surface area (Å²) in [4.78, 5) is 6.76. The lowest BCUT2D eigenvalue weighted by Crippen LogP contribution is -2.26. The molecule has 0 spiro atoms. The van der Waals surface area contributed by atoms with Crippen molar-refractivity contribution in [3.8, 4) is 0 Å². The lowest BCUT2D eigenvalue weighted by atomic mass is 10.1. The highest BCUT2D eigenvalue weighted by Gasteiger charge is 2.25. The van der Waals surface area contributed by atoms with E-state index in [1.165, 1.54) is 18.5 Å². The number of nitrogens with two attached hydrogens (primary N) is 1. The molecule has 0 saturated carbocycles. The molecule has 3 nitrogen and oxygen atoms in total. The zero-order valence-electron chi connectivity index (χ0n) is 10.2. The van der Waals surface area contributed by atoms with E-state index < -0.39 is 0 Å². The highest BCUT2D eigenvalue weighted by atomic mass is 15.2. The summed E-state index contributed by atoms with van der Waals surface area (Å²) in [7, 11) is 0. The summed E-state index contributed by atoms with van der Waals surface area (Å²) < 4.78 is 0. The fourth-order valence-electron chi connectivity index (χ4n) is 2.58. The van der Waals surface area contributed by atoms with Gasteiger partial charge in [-0.25, -0.2) is 0 Å². The van der Waals surface area contributed by atoms with Gasteiger partial charge in [-0.05, 0) is 37.0 Å². The van der Waals surface area contributed by atoms with Gasteiger partial charge in [-0.1, -0.05) is 6.92 Å². The maximum Gasteiger partial charge on any atom is 0.0542 e. The first-order valence-corrected chi connectivity index (χ1v) is 6.07. The molecule has 3 heteroatoms. The summed E-state index contributed by atoms with van der Waals surface area (Å²) in [6.07, 6.45) is 3.18. The number of likely N-dealkylation sites (tertiary alicyclic amines) is 1. The minimum absolute atomic E-state index is 0.528. The van der Waals surface area contributed by atoms with Crippen molar-refractivity contribution < 1.29 is 0 Å². The molecule has 0 aliphatic carbocycles. The second-order valence-corrected chi connectivity index (χ2v) is 4.98. The SMILES string of the molecule is CC1CC(C)N(Cc2ccnc(CN)c2)C1. The van der Waals surface area contributed by atoms with E-state index >= 15 is 0 Å². The second kappa shape index (κ2) is 4.93. The zero-order valence-corrected chi connectivity index (χ0v) is 10.2. The molecule has 0 radical (unpaired) electrons. The summed E-state index contributed by atoms with van der Waals surface area (Å²) >= 11 is 0. The molecule has 1 aliphatic rings. The lowest BCUT2D eigenvalue weighted by Gasteiger charge is -2.21. The lowest BCUT2D eigenvalue weighted by molar-refractivity contribution is 0.256. The van der Waals surface area contributed by atoms with Gasteiger partial charge in [-0.2, -0.15) is 0 Å². The quantitative estimate of drug-likeness (QED) is 0.842. The van der Waals surface area contributed by atoms with Gasteiger partial charge in [-0.15, -0.1) is 0 Å². The third-order valence-electron chi connectivity index (χ3n) is 3.39. The number of hydrogen-bond acceptors (Lipinski definition) is 3. The van der Waals surface area contributed by atoms with Crippen LogP contribution < -0.4 is 5.73 Å². The van der Waals surface area contributed by atoms with E-state index in [4.69, 9.17) is 5.73 Å². The van der Waals surface area contributed by atoms with Gasteiger partial charge in [0.05, 0.1) is 5.69 Å². The van der Waals surface area contributed by atoms with Gasteiger partial charge in [0, 0.05) is 31.9 Å². The van der Waals surface area contributed by atoms with E-state index in [-0.39, 0.29) is 0 Å². The summed E-state index contributed by atoms with van der Waals surface area (Å²) in [5.41, 5.74) is 7.91. The third-order valence-corrected chi connectivity index (χ3v) is 3.39. The summed E-state index contributed by atoms with van der Waals surface area (Å²) in [6.45, 7) is 7.41. The summed E-state index contributed by atoms with van der Waals surface area (Å²) in [6, 6.07) is 4.91. The van der Waals surface area contributed by atoms with E-state index in [0.29, 0.717) is 12.6 Å². The maximum atomic E-state index is 5.60. The van der Waals surface area contributed by atoms with E-state index in [1.54, 1.807) is 0 Å². The second-order valence-electron chi connectivity index (χ2n) is 4.98. The smallest absolute Gasteiger partial charge is 0.0542 e. The molecule has 0 bridgehead atoms. The molecule has 0 aromatic carbocycles. The molecule has 1 aliphatic heterocycles. The minimum atomic E-state index is 0.528. The molecule has 0 amide bonds. The standard InChI is InChI=1S/C13H21N3/c1-10-5-11(2)16(8-10)9-12-3-4-15-13(6-12)7-14/h3-4,6,10-11H,5,7-9,14H2,1-2H3. The topological polar surface area (TPSA) is 42.2 Å². The average Bonchev–Trinajstić information content (AvgIpc) is 2.58. The molecular weight excluding hydrogens is 198 g/mol. The van der Waals surface area contributed by atoms with Crippen molar-refractivity contribution in [2.45, 2.75) is 39.4 Å². The van der Waals surface area contributed by atoms with Crippen LogP contribution in [-0.2, 0) is 13.1 Å². The Bertz CT molecular complexity index is 351. The van der Waals surface area contributed by atoms with Crippen LogP contribution in [0.15, 0.2) is 18.3 Å². The van der Waals surface area contributed by atoms with Crippen molar-refractivity contribution >= 4 is 0 Å². The normalized spacial score (nSPS) is 26.2. The number of aromatic nitrogens is 1. The Kier molecular flexibility index (Phi) is 3.56. The van der Waals surface area contributed by atoms with Crippen molar-refractivity contribution in [3.05, 3.63) is 29.6 Å². The van der Waals surface area contributed by atoms with Gasteiger partial charge in [-0.3, -0.25) is 9.88 Å². The Labute approximate surface area is 97.7 Å². The first-order chi connectivity index (χ1) is 7.69. The van der Waals surface area contributed by atoms with E-state index in [9.17, 15) is 0 Å². The minimum Gasteiger partial charge on any atom is -0.325 e. The van der Waals surface area contributed by atoms with Crippen LogP contribution in [0, 0.1) is 5.92 Å². The van der Waals surface area contributed by atoms with E-state index in [1.807, 2.05) is 6.20 Å². The van der Waals surface area contributed by atoms with Crippen LogP contribution in [0.5, 0.6) is 0 Å². The molecule has 2 heterocycles. The van der Waals surface area contributed by atoms with Gasteiger partial charge in [0.2, 0.25) is 0 Å². The van der Waals surface area contributed by atoms with Gasteiger partial charge in [0.15, 0.2) is 0 Å². The van der Waals surface area contributed by atoms with Crippen molar-refractivity contribution in [1.82, 2.24) is 9.88 Å². The molecule has 88 valence electrons. The van der Waals surface area contributed by atoms with Crippen LogP contribution in [0.4, 0.5) is 0 Å². The highest BCUT2D eigenvalue weighted by molar-refractivity contribution is 5.16. The molecule has 1 aromatic rings. The Hall–Kier alpha value is -0.930. The Morgan fingerprint density at radius 2 is 2.31 bits per heavy atom. The molecular formula is C13H21N3. The molecule has 2 unspecified atom stereocenters. The van der Waals surface area contributed by atoms with Crippen molar-refractivity contribution in [3.63, 3.8) is 0 Å². The number of rotatable bonds is 3. The van der Waals surface area contributed by atoms with E-state index in [2.05, 4.69) is 35.9 Å². The Morgan fingerprint density at radius 1 is 1.50 bits per heavy atom. The van der Waals surface area contributed by atoms with Gasteiger partial charge < -0.3 is 5.73 Å². The third kappa shape index (κ3) is 2.60. The fraction of sp³-hybridized carbons (Fsp3) is 0.615. The maximum absolute atomic E-state index is 5.60. The van der Waals surface area contributed by atoms with Crippen LogP contribution in [0.25, 0.3) is 0 Å². The predicted octanol–water partition coefficient (Wildman–Crippen LogP) is 1.77. The molecule has 1 fully saturated rings. The van der Waals surface area contributed by atoms with Crippen LogP contribution in [-0.4, -0.2) is 22.5 Å². The Morgan fingerprint density at radius 3 is 2.94 bits per heavy atom. The van der Waals surface area contributed by atoms with Crippen LogP contribution >= 0.6 is 0 Å². The molecule has 2 atom stereocenters. The van der Waals surface area contributed by atoms with Crippen LogP contribution in [0.1, 0.15) is 31.5 Å². The van der Waals surface area contributed by atoms with E-state index in [0.717, 1.165) is 18.2 Å². The molecule has 1 aromatic heterocycles. The summed E-state index contributed by atoms with van der Waals surface area (Å²) in [5, 5.41) is 0. The van der Waals surface area contributed by atoms with Crippen LogP contribution in [0.3, 0.4) is 0 Å². The Balaban J connectivity index is 2.03. The average molecular weight is 219 g/mol. The fourth-order valence-corrected chi connectivity index (χ4v) is 2.58. The van der Waals surface area contributed by atoms with Gasteiger partial charge >= 0.3 is 0 Å². The van der Waals surface area contributed by atoms with Crippen LogP contribution in [0.2, 0.25) is 0 Å². The predicted molar refractivity (Wildman–Crippen MR) is 65.8 cm³/mol. The molecule has 1 saturated heterocycles. The number of pyridine rings is 1. The molecule has 16 heavy (non-hydrogen) atoms. The number of hydrogen-bond donors (Lipinski definition) is 1. The van der Waals surface area contributed by atoms with Crippen molar-refractivity contribution in [2.75, 3.05) is 6.54 Å². The largest absolute Gasteiger partial charge is 0.325 e. The van der Waals surface area contributed by atoms with Crippen molar-refractivity contribution in [2.24, 2.45) is 11.7 Å². The highest BCUT2D eigenvalue weighted by Crippen LogP contribution is 2.24. The monoisotopic (exact) mass is 219 g/mol. The van der Waals surface area contributed by atoms with Crippen molar-refractivity contribution in [1.29, 1.82) is 0 Å². The van der Waals surface area contributed by atoms with Gasteiger partial charge in [0.25, 0.3) is 0 Å². The first kappa shape index (κ1) is 11.6. The number of nitrogens with zero attached hydrogens (tertiary/aromatic N) is 2. The zero-order chi connectivity index (χ0) is 11.5. The molecule has 2 rings (SSSR count). The first-order valence-electron chi connectivity index (χ1n) is 6.07.